The van der Waals surface area contributed by atoms with Gasteiger partial charge in [0.2, 0.25) is 5.91 Å². The van der Waals surface area contributed by atoms with Gasteiger partial charge >= 0.3 is 0 Å². The minimum absolute atomic E-state index is 0.0189. The summed E-state index contributed by atoms with van der Waals surface area (Å²) >= 11 is 1.66. The topological polar surface area (TPSA) is 62.3 Å². The highest BCUT2D eigenvalue weighted by Gasteiger charge is 2.26. The number of rotatable bonds is 5. The standard InChI is InChI=1S/C24H33N3O2S/c1-16(2)21(28)25-14-20-15-30-22(26-20)17-10-12-27(13-11-17)23(29)18-6-8-19(9-7-18)24(3,4)5/h6-9,15-17H,10-14H2,1-5H3,(H,25,28). The fourth-order valence-electron chi connectivity index (χ4n) is 3.60. The van der Waals surface area contributed by atoms with E-state index in [1.807, 2.05) is 36.3 Å². The highest BCUT2D eigenvalue weighted by Crippen LogP contribution is 2.31. The first-order valence-electron chi connectivity index (χ1n) is 10.8. The first kappa shape index (κ1) is 22.5. The van der Waals surface area contributed by atoms with Gasteiger partial charge in [-0.05, 0) is 36.0 Å². The first-order valence-corrected chi connectivity index (χ1v) is 11.6. The van der Waals surface area contributed by atoms with Gasteiger partial charge in [0.1, 0.15) is 0 Å². The Balaban J connectivity index is 1.53. The molecule has 1 saturated heterocycles. The molecule has 2 aromatic rings. The van der Waals surface area contributed by atoms with E-state index in [2.05, 4.69) is 38.2 Å². The number of carbonyl (C=O) groups excluding carboxylic acids is 2. The molecule has 30 heavy (non-hydrogen) atoms. The van der Waals surface area contributed by atoms with Crippen molar-refractivity contribution >= 4 is 23.2 Å². The summed E-state index contributed by atoms with van der Waals surface area (Å²) in [5, 5.41) is 6.07. The lowest BCUT2D eigenvalue weighted by molar-refractivity contribution is -0.124. The lowest BCUT2D eigenvalue weighted by Gasteiger charge is -2.31. The van der Waals surface area contributed by atoms with E-state index in [0.717, 1.165) is 42.2 Å². The number of benzene rings is 1. The first-order chi connectivity index (χ1) is 14.1. The smallest absolute Gasteiger partial charge is 0.253 e. The number of amides is 2. The Morgan fingerprint density at radius 2 is 1.80 bits per heavy atom. The molecule has 0 spiro atoms. The monoisotopic (exact) mass is 427 g/mol. The molecule has 6 heteroatoms. The van der Waals surface area contributed by atoms with E-state index >= 15 is 0 Å². The van der Waals surface area contributed by atoms with Crippen molar-refractivity contribution in [3.8, 4) is 0 Å². The molecule has 1 aliphatic heterocycles. The molecule has 1 aromatic heterocycles. The van der Waals surface area contributed by atoms with Crippen LogP contribution in [0.4, 0.5) is 0 Å². The number of thiazole rings is 1. The van der Waals surface area contributed by atoms with Crippen LogP contribution in [-0.4, -0.2) is 34.8 Å². The van der Waals surface area contributed by atoms with E-state index in [0.29, 0.717) is 12.5 Å². The van der Waals surface area contributed by atoms with Crippen molar-refractivity contribution in [2.75, 3.05) is 13.1 Å². The molecule has 5 nitrogen and oxygen atoms in total. The molecule has 1 N–H and O–H groups in total. The van der Waals surface area contributed by atoms with E-state index in [4.69, 9.17) is 4.98 Å². The van der Waals surface area contributed by atoms with Gasteiger partial charge in [-0.15, -0.1) is 11.3 Å². The number of hydrogen-bond donors (Lipinski definition) is 1. The summed E-state index contributed by atoms with van der Waals surface area (Å²) in [6.07, 6.45) is 1.86. The van der Waals surface area contributed by atoms with Crippen molar-refractivity contribution in [2.24, 2.45) is 5.92 Å². The van der Waals surface area contributed by atoms with Crippen molar-refractivity contribution in [3.63, 3.8) is 0 Å². The van der Waals surface area contributed by atoms with Gasteiger partial charge in [0, 0.05) is 35.9 Å². The fraction of sp³-hybridized carbons (Fsp3) is 0.542. The van der Waals surface area contributed by atoms with Crippen LogP contribution >= 0.6 is 11.3 Å². The summed E-state index contributed by atoms with van der Waals surface area (Å²) in [5.74, 6) is 0.531. The van der Waals surface area contributed by atoms with Crippen molar-refractivity contribution in [3.05, 3.63) is 51.5 Å². The number of likely N-dealkylation sites (tertiary alicyclic amines) is 1. The van der Waals surface area contributed by atoms with Crippen molar-refractivity contribution < 1.29 is 9.59 Å². The number of aromatic nitrogens is 1. The Labute approximate surface area is 183 Å². The third-order valence-electron chi connectivity index (χ3n) is 5.67. The summed E-state index contributed by atoms with van der Waals surface area (Å²) in [6.45, 7) is 12.3. The predicted octanol–water partition coefficient (Wildman–Crippen LogP) is 4.73. The Kier molecular flexibility index (Phi) is 6.96. The maximum absolute atomic E-state index is 12.9. The zero-order valence-corrected chi connectivity index (χ0v) is 19.5. The van der Waals surface area contributed by atoms with Gasteiger partial charge in [-0.25, -0.2) is 4.98 Å². The third-order valence-corrected chi connectivity index (χ3v) is 6.72. The lowest BCUT2D eigenvalue weighted by Crippen LogP contribution is -2.38. The third kappa shape index (κ3) is 5.48. The quantitative estimate of drug-likeness (QED) is 0.750. The van der Waals surface area contributed by atoms with Gasteiger partial charge in [0.25, 0.3) is 5.91 Å². The minimum atomic E-state index is -0.0189. The van der Waals surface area contributed by atoms with E-state index in [9.17, 15) is 9.59 Å². The second kappa shape index (κ2) is 9.29. The average molecular weight is 428 g/mol. The maximum atomic E-state index is 12.9. The number of nitrogens with zero attached hydrogens (tertiary/aromatic N) is 2. The van der Waals surface area contributed by atoms with E-state index in [1.54, 1.807) is 11.3 Å². The van der Waals surface area contributed by atoms with E-state index in [1.165, 1.54) is 5.56 Å². The number of carbonyl (C=O) groups is 2. The summed E-state index contributed by atoms with van der Waals surface area (Å²) in [6, 6.07) is 8.03. The second-order valence-electron chi connectivity index (χ2n) is 9.44. The summed E-state index contributed by atoms with van der Waals surface area (Å²) < 4.78 is 0. The lowest BCUT2D eigenvalue weighted by atomic mass is 9.86. The molecule has 1 fully saturated rings. The van der Waals surface area contributed by atoms with Gasteiger partial charge < -0.3 is 10.2 Å². The molecule has 2 amide bonds. The predicted molar refractivity (Wildman–Crippen MR) is 122 cm³/mol. The molecule has 0 unspecified atom stereocenters. The normalized spacial score (nSPS) is 15.5. The average Bonchev–Trinajstić information content (AvgIpc) is 3.20. The minimum Gasteiger partial charge on any atom is -0.350 e. The van der Waals surface area contributed by atoms with Crippen LogP contribution in [0.15, 0.2) is 29.6 Å². The van der Waals surface area contributed by atoms with Crippen LogP contribution in [0.1, 0.15) is 80.0 Å². The highest BCUT2D eigenvalue weighted by molar-refractivity contribution is 7.09. The number of nitrogens with one attached hydrogen (secondary N) is 1. The van der Waals surface area contributed by atoms with Crippen molar-refractivity contribution in [1.29, 1.82) is 0 Å². The highest BCUT2D eigenvalue weighted by atomic mass is 32.1. The molecule has 0 saturated carbocycles. The largest absolute Gasteiger partial charge is 0.350 e. The summed E-state index contributed by atoms with van der Waals surface area (Å²) in [5.41, 5.74) is 3.01. The zero-order valence-electron chi connectivity index (χ0n) is 18.7. The Morgan fingerprint density at radius 3 is 2.37 bits per heavy atom. The van der Waals surface area contributed by atoms with E-state index in [-0.39, 0.29) is 23.1 Å². The van der Waals surface area contributed by atoms with Crippen LogP contribution in [0.5, 0.6) is 0 Å². The zero-order chi connectivity index (χ0) is 21.9. The van der Waals surface area contributed by atoms with Gasteiger partial charge in [-0.2, -0.15) is 0 Å². The maximum Gasteiger partial charge on any atom is 0.253 e. The fourth-order valence-corrected chi connectivity index (χ4v) is 4.59. The Morgan fingerprint density at radius 1 is 1.17 bits per heavy atom. The van der Waals surface area contributed by atoms with Gasteiger partial charge in [0.15, 0.2) is 0 Å². The number of piperidine rings is 1. The Bertz CT molecular complexity index is 873. The van der Waals surface area contributed by atoms with Gasteiger partial charge in [0.05, 0.1) is 17.2 Å². The Hall–Kier alpha value is -2.21. The summed E-state index contributed by atoms with van der Waals surface area (Å²) in [7, 11) is 0. The van der Waals surface area contributed by atoms with Crippen LogP contribution in [0, 0.1) is 5.92 Å². The molecule has 0 aliphatic carbocycles. The van der Waals surface area contributed by atoms with Crippen molar-refractivity contribution in [2.45, 2.75) is 65.3 Å². The number of hydrogen-bond acceptors (Lipinski definition) is 4. The van der Waals surface area contributed by atoms with Crippen LogP contribution in [0.25, 0.3) is 0 Å². The van der Waals surface area contributed by atoms with Gasteiger partial charge in [-0.3, -0.25) is 9.59 Å². The second-order valence-corrected chi connectivity index (χ2v) is 10.3. The summed E-state index contributed by atoms with van der Waals surface area (Å²) in [4.78, 5) is 31.3. The molecule has 0 radical (unpaired) electrons. The molecule has 1 aromatic carbocycles. The molecular weight excluding hydrogens is 394 g/mol. The molecule has 162 valence electrons. The van der Waals surface area contributed by atoms with Crippen LogP contribution in [-0.2, 0) is 16.8 Å². The molecule has 2 heterocycles. The molecule has 1 aliphatic rings. The van der Waals surface area contributed by atoms with Gasteiger partial charge in [-0.1, -0.05) is 46.8 Å². The molecule has 0 bridgehead atoms. The van der Waals surface area contributed by atoms with Crippen LogP contribution in [0.2, 0.25) is 0 Å². The van der Waals surface area contributed by atoms with Crippen molar-refractivity contribution in [1.82, 2.24) is 15.2 Å². The molecule has 0 atom stereocenters. The van der Waals surface area contributed by atoms with Crippen LogP contribution in [0.3, 0.4) is 0 Å². The van der Waals surface area contributed by atoms with Crippen LogP contribution < -0.4 is 5.32 Å². The SMILES string of the molecule is CC(C)C(=O)NCc1csc(C2CCN(C(=O)c3ccc(C(C)(C)C)cc3)CC2)n1. The van der Waals surface area contributed by atoms with E-state index < -0.39 is 0 Å². The molecular formula is C24H33N3O2S. The molecule has 3 rings (SSSR count).